The fourth-order valence-corrected chi connectivity index (χ4v) is 4.45. The third kappa shape index (κ3) is 3.61. The molecule has 1 fully saturated rings. The van der Waals surface area contributed by atoms with E-state index in [1.54, 1.807) is 4.90 Å². The number of carbonyl (C=O) groups is 2. The van der Waals surface area contributed by atoms with Crippen LogP contribution in [0.15, 0.2) is 54.6 Å². The van der Waals surface area contributed by atoms with Gasteiger partial charge >= 0.3 is 6.09 Å². The fourth-order valence-electron chi connectivity index (χ4n) is 4.45. The van der Waals surface area contributed by atoms with Gasteiger partial charge in [0.25, 0.3) is 0 Å². The van der Waals surface area contributed by atoms with Gasteiger partial charge in [-0.3, -0.25) is 4.79 Å². The molecule has 4 rings (SSSR count). The van der Waals surface area contributed by atoms with Crippen LogP contribution >= 0.6 is 0 Å². The number of ether oxygens (including phenoxy) is 1. The summed E-state index contributed by atoms with van der Waals surface area (Å²) in [4.78, 5) is 30.1. The van der Waals surface area contributed by atoms with Crippen LogP contribution in [0.2, 0.25) is 0 Å². The van der Waals surface area contributed by atoms with Gasteiger partial charge in [0, 0.05) is 18.8 Å². The summed E-state index contributed by atoms with van der Waals surface area (Å²) in [7, 11) is 0. The van der Waals surface area contributed by atoms with Crippen molar-refractivity contribution in [3.05, 3.63) is 65.7 Å². The highest BCUT2D eigenvalue weighted by Crippen LogP contribution is 2.47. The van der Waals surface area contributed by atoms with Crippen molar-refractivity contribution in [2.75, 3.05) is 18.0 Å². The number of amides is 2. The Morgan fingerprint density at radius 1 is 1.07 bits per heavy atom. The van der Waals surface area contributed by atoms with Crippen molar-refractivity contribution in [1.82, 2.24) is 4.90 Å². The monoisotopic (exact) mass is 392 g/mol. The van der Waals surface area contributed by atoms with Crippen LogP contribution in [0.25, 0.3) is 0 Å². The first-order chi connectivity index (χ1) is 13.8. The summed E-state index contributed by atoms with van der Waals surface area (Å²) < 4.78 is 5.59. The number of benzene rings is 2. The van der Waals surface area contributed by atoms with Crippen LogP contribution in [-0.2, 0) is 21.5 Å². The van der Waals surface area contributed by atoms with Crippen molar-refractivity contribution >= 4 is 17.7 Å². The van der Waals surface area contributed by atoms with Crippen molar-refractivity contribution in [3.8, 4) is 0 Å². The Morgan fingerprint density at radius 3 is 2.48 bits per heavy atom. The highest BCUT2D eigenvalue weighted by atomic mass is 16.6. The summed E-state index contributed by atoms with van der Waals surface area (Å²) in [5.74, 6) is 0.0795. The number of para-hydroxylation sites is 1. The lowest BCUT2D eigenvalue weighted by Gasteiger charge is -2.40. The van der Waals surface area contributed by atoms with Gasteiger partial charge in [0.15, 0.2) is 0 Å². The van der Waals surface area contributed by atoms with E-state index in [1.165, 1.54) is 0 Å². The van der Waals surface area contributed by atoms with Crippen molar-refractivity contribution in [2.24, 2.45) is 0 Å². The molecule has 0 bridgehead atoms. The zero-order chi connectivity index (χ0) is 20.6. The second-order valence-electron chi connectivity index (χ2n) is 8.98. The summed E-state index contributed by atoms with van der Waals surface area (Å²) in [6.07, 6.45) is 1.18. The van der Waals surface area contributed by atoms with Crippen LogP contribution in [0.1, 0.15) is 44.7 Å². The molecule has 0 saturated carbocycles. The average molecular weight is 392 g/mol. The Morgan fingerprint density at radius 2 is 1.76 bits per heavy atom. The number of carbonyl (C=O) groups excluding carboxylic acids is 2. The van der Waals surface area contributed by atoms with Crippen LogP contribution in [0.5, 0.6) is 0 Å². The van der Waals surface area contributed by atoms with E-state index in [2.05, 4.69) is 0 Å². The molecule has 2 aliphatic rings. The molecule has 2 amide bonds. The predicted molar refractivity (Wildman–Crippen MR) is 113 cm³/mol. The SMILES string of the molecule is CC(C)(C)OC(=O)N1CCCC2(C1)C(=O)N(Cc1ccccc1)c1ccccc12. The minimum atomic E-state index is -0.694. The number of hydrogen-bond acceptors (Lipinski definition) is 3. The van der Waals surface area contributed by atoms with Gasteiger partial charge in [0.1, 0.15) is 5.60 Å². The number of rotatable bonds is 2. The molecular formula is C24H28N2O3. The summed E-state index contributed by atoms with van der Waals surface area (Å²) in [5.41, 5.74) is 1.81. The summed E-state index contributed by atoms with van der Waals surface area (Å²) in [5, 5.41) is 0. The fraction of sp³-hybridized carbons (Fsp3) is 0.417. The van der Waals surface area contributed by atoms with Gasteiger partial charge in [-0.25, -0.2) is 4.79 Å². The molecule has 2 heterocycles. The quantitative estimate of drug-likeness (QED) is 0.756. The molecule has 2 aliphatic heterocycles. The molecular weight excluding hydrogens is 364 g/mol. The maximum atomic E-state index is 13.7. The number of fused-ring (bicyclic) bond motifs is 2. The van der Waals surface area contributed by atoms with E-state index in [0.717, 1.165) is 29.7 Å². The highest BCUT2D eigenvalue weighted by Gasteiger charge is 2.53. The molecule has 0 aliphatic carbocycles. The van der Waals surface area contributed by atoms with Crippen LogP contribution in [0, 0.1) is 0 Å². The largest absolute Gasteiger partial charge is 0.444 e. The van der Waals surface area contributed by atoms with E-state index in [0.29, 0.717) is 19.6 Å². The highest BCUT2D eigenvalue weighted by molar-refractivity contribution is 6.08. The number of anilines is 1. The van der Waals surface area contributed by atoms with Gasteiger partial charge < -0.3 is 14.5 Å². The van der Waals surface area contributed by atoms with E-state index in [-0.39, 0.29) is 12.0 Å². The lowest BCUT2D eigenvalue weighted by Crippen LogP contribution is -2.54. The molecule has 1 unspecified atom stereocenters. The van der Waals surface area contributed by atoms with E-state index in [4.69, 9.17) is 4.74 Å². The molecule has 2 aromatic carbocycles. The third-order valence-electron chi connectivity index (χ3n) is 5.69. The molecule has 1 saturated heterocycles. The van der Waals surface area contributed by atoms with E-state index >= 15 is 0 Å². The van der Waals surface area contributed by atoms with Gasteiger partial charge in [0.05, 0.1) is 12.0 Å². The second-order valence-corrected chi connectivity index (χ2v) is 8.98. The molecule has 1 spiro atoms. The zero-order valence-corrected chi connectivity index (χ0v) is 17.4. The van der Waals surface area contributed by atoms with Crippen molar-refractivity contribution in [2.45, 2.75) is 51.2 Å². The first kappa shape index (κ1) is 19.5. The number of nitrogens with zero attached hydrogens (tertiary/aromatic N) is 2. The van der Waals surface area contributed by atoms with Gasteiger partial charge in [-0.1, -0.05) is 48.5 Å². The lowest BCUT2D eigenvalue weighted by atomic mass is 9.75. The van der Waals surface area contributed by atoms with Crippen LogP contribution in [0.4, 0.5) is 10.5 Å². The minimum Gasteiger partial charge on any atom is -0.444 e. The lowest BCUT2D eigenvalue weighted by molar-refractivity contribution is -0.125. The molecule has 152 valence electrons. The predicted octanol–water partition coefficient (Wildman–Crippen LogP) is 4.50. The Balaban J connectivity index is 1.66. The molecule has 29 heavy (non-hydrogen) atoms. The summed E-state index contributed by atoms with van der Waals surface area (Å²) in [6.45, 7) is 7.10. The third-order valence-corrected chi connectivity index (χ3v) is 5.69. The van der Waals surface area contributed by atoms with Gasteiger partial charge in [0.2, 0.25) is 5.91 Å². The molecule has 5 nitrogen and oxygen atoms in total. The van der Waals surface area contributed by atoms with Gasteiger partial charge in [-0.15, -0.1) is 0 Å². The van der Waals surface area contributed by atoms with E-state index < -0.39 is 11.0 Å². The summed E-state index contributed by atoms with van der Waals surface area (Å²) >= 11 is 0. The van der Waals surface area contributed by atoms with Gasteiger partial charge in [-0.05, 0) is 50.8 Å². The smallest absolute Gasteiger partial charge is 0.410 e. The standard InChI is InChI=1S/C24H28N2O3/c1-23(2,3)29-22(28)25-15-9-14-24(17-25)19-12-7-8-13-20(19)26(21(24)27)16-18-10-5-4-6-11-18/h4-8,10-13H,9,14-17H2,1-3H3. The first-order valence-electron chi connectivity index (χ1n) is 10.2. The molecule has 2 aromatic rings. The topological polar surface area (TPSA) is 49.9 Å². The maximum absolute atomic E-state index is 13.7. The molecule has 0 radical (unpaired) electrons. The van der Waals surface area contributed by atoms with Crippen molar-refractivity contribution < 1.29 is 14.3 Å². The van der Waals surface area contributed by atoms with Crippen molar-refractivity contribution in [1.29, 1.82) is 0 Å². The number of piperidine rings is 1. The summed E-state index contributed by atoms with van der Waals surface area (Å²) in [6, 6.07) is 18.0. The maximum Gasteiger partial charge on any atom is 0.410 e. The Labute approximate surface area is 172 Å². The normalized spacial score (nSPS) is 21.4. The Bertz CT molecular complexity index is 919. The van der Waals surface area contributed by atoms with Crippen LogP contribution in [0.3, 0.4) is 0 Å². The minimum absolute atomic E-state index is 0.0795. The Kier molecular flexibility index (Phi) is 4.85. The molecule has 5 heteroatoms. The van der Waals surface area contributed by atoms with E-state index in [9.17, 15) is 9.59 Å². The zero-order valence-electron chi connectivity index (χ0n) is 17.4. The second kappa shape index (κ2) is 7.21. The number of likely N-dealkylation sites (tertiary alicyclic amines) is 1. The van der Waals surface area contributed by atoms with E-state index in [1.807, 2.05) is 80.3 Å². The Hall–Kier alpha value is -2.82. The average Bonchev–Trinajstić information content (AvgIpc) is 2.91. The van der Waals surface area contributed by atoms with Crippen molar-refractivity contribution in [3.63, 3.8) is 0 Å². The van der Waals surface area contributed by atoms with Crippen LogP contribution < -0.4 is 4.90 Å². The van der Waals surface area contributed by atoms with Gasteiger partial charge in [-0.2, -0.15) is 0 Å². The molecule has 0 N–H and O–H groups in total. The number of hydrogen-bond donors (Lipinski definition) is 0. The first-order valence-corrected chi connectivity index (χ1v) is 10.2. The molecule has 0 aromatic heterocycles. The molecule has 1 atom stereocenters. The van der Waals surface area contributed by atoms with Crippen LogP contribution in [-0.4, -0.2) is 35.6 Å².